The first-order valence-electron chi connectivity index (χ1n) is 5.16. The second-order valence-corrected chi connectivity index (χ2v) is 3.75. The molecule has 14 heavy (non-hydrogen) atoms. The van der Waals surface area contributed by atoms with Crippen LogP contribution in [0.3, 0.4) is 0 Å². The van der Waals surface area contributed by atoms with Crippen LogP contribution in [-0.4, -0.2) is 36.6 Å². The third-order valence-corrected chi connectivity index (χ3v) is 2.88. The van der Waals surface area contributed by atoms with Crippen molar-refractivity contribution in [1.82, 2.24) is 4.90 Å². The molecule has 3 heteroatoms. The Morgan fingerprint density at radius 1 is 1.64 bits per heavy atom. The molecule has 0 aromatic carbocycles. The Morgan fingerprint density at radius 2 is 2.36 bits per heavy atom. The van der Waals surface area contributed by atoms with Crippen molar-refractivity contribution in [1.29, 1.82) is 0 Å². The number of methoxy groups -OCH3 is 1. The molecule has 0 saturated carbocycles. The number of ether oxygens (including phenoxy) is 1. The Labute approximate surface area is 85.7 Å². The summed E-state index contributed by atoms with van der Waals surface area (Å²) in [7, 11) is 1.45. The second kappa shape index (κ2) is 5.15. The first-order chi connectivity index (χ1) is 6.70. The number of nitrogens with zero attached hydrogens (tertiary/aromatic N) is 1. The van der Waals surface area contributed by atoms with Gasteiger partial charge in [0.25, 0.3) is 0 Å². The number of hydrogen-bond donors (Lipinski definition) is 0. The summed E-state index contributed by atoms with van der Waals surface area (Å²) in [5.41, 5.74) is 0. The quantitative estimate of drug-likeness (QED) is 0.508. The maximum absolute atomic E-state index is 11.5. The first kappa shape index (κ1) is 11.2. The van der Waals surface area contributed by atoms with Gasteiger partial charge in [0, 0.05) is 6.04 Å². The largest absolute Gasteiger partial charge is 0.468 e. The van der Waals surface area contributed by atoms with E-state index in [1.807, 2.05) is 6.08 Å². The molecule has 1 rings (SSSR count). The van der Waals surface area contributed by atoms with Gasteiger partial charge in [0.1, 0.15) is 6.04 Å². The number of carbonyl (C=O) groups is 1. The van der Waals surface area contributed by atoms with Gasteiger partial charge < -0.3 is 4.74 Å². The van der Waals surface area contributed by atoms with Crippen LogP contribution in [0.25, 0.3) is 0 Å². The van der Waals surface area contributed by atoms with Crippen LogP contribution in [0.2, 0.25) is 0 Å². The van der Waals surface area contributed by atoms with E-state index in [1.165, 1.54) is 7.11 Å². The van der Waals surface area contributed by atoms with Gasteiger partial charge in [-0.15, -0.1) is 6.58 Å². The summed E-state index contributed by atoms with van der Waals surface area (Å²) in [6, 6.07) is 0.182. The normalized spacial score (nSPS) is 25.4. The Morgan fingerprint density at radius 3 is 2.93 bits per heavy atom. The lowest BCUT2D eigenvalue weighted by Gasteiger charge is -2.36. The van der Waals surface area contributed by atoms with Gasteiger partial charge in [-0.2, -0.15) is 0 Å². The number of carbonyl (C=O) groups excluding carboxylic acids is 1. The minimum absolute atomic E-state index is 0.0678. The topological polar surface area (TPSA) is 29.5 Å². The van der Waals surface area contributed by atoms with Crippen molar-refractivity contribution in [3.05, 3.63) is 12.7 Å². The van der Waals surface area contributed by atoms with Crippen LogP contribution in [0, 0.1) is 0 Å². The lowest BCUT2D eigenvalue weighted by Crippen LogP contribution is -2.48. The van der Waals surface area contributed by atoms with Crippen LogP contribution < -0.4 is 0 Å². The molecule has 1 aliphatic rings. The maximum Gasteiger partial charge on any atom is 0.323 e. The lowest BCUT2D eigenvalue weighted by molar-refractivity contribution is -0.148. The van der Waals surface area contributed by atoms with Crippen LogP contribution >= 0.6 is 0 Å². The van der Waals surface area contributed by atoms with Gasteiger partial charge in [-0.1, -0.05) is 12.5 Å². The van der Waals surface area contributed by atoms with Crippen molar-refractivity contribution in [2.75, 3.05) is 13.7 Å². The highest BCUT2D eigenvalue weighted by atomic mass is 16.5. The molecule has 0 N–H and O–H groups in total. The lowest BCUT2D eigenvalue weighted by atomic mass is 10.0. The smallest absolute Gasteiger partial charge is 0.323 e. The van der Waals surface area contributed by atoms with Gasteiger partial charge in [0.05, 0.1) is 7.11 Å². The van der Waals surface area contributed by atoms with Gasteiger partial charge in [-0.05, 0) is 26.3 Å². The molecule has 1 heterocycles. The summed E-state index contributed by atoms with van der Waals surface area (Å²) in [5, 5.41) is 0. The molecule has 0 spiro atoms. The Balaban J connectivity index is 2.67. The van der Waals surface area contributed by atoms with E-state index < -0.39 is 0 Å². The fraction of sp³-hybridized carbons (Fsp3) is 0.727. The van der Waals surface area contributed by atoms with Crippen LogP contribution in [0.5, 0.6) is 0 Å². The molecular weight excluding hydrogens is 178 g/mol. The Hall–Kier alpha value is -0.830. The average Bonchev–Trinajstić information content (AvgIpc) is 2.27. The van der Waals surface area contributed by atoms with Crippen molar-refractivity contribution in [3.63, 3.8) is 0 Å². The number of esters is 1. The highest BCUT2D eigenvalue weighted by molar-refractivity contribution is 5.75. The molecule has 0 radical (unpaired) electrons. The van der Waals surface area contributed by atoms with Crippen LogP contribution in [0.1, 0.15) is 26.2 Å². The monoisotopic (exact) mass is 197 g/mol. The summed E-state index contributed by atoms with van der Waals surface area (Å²) >= 11 is 0. The summed E-state index contributed by atoms with van der Waals surface area (Å²) in [5.74, 6) is -0.113. The molecule has 1 saturated heterocycles. The molecule has 0 aliphatic carbocycles. The van der Waals surface area contributed by atoms with Crippen molar-refractivity contribution in [2.24, 2.45) is 0 Å². The maximum atomic E-state index is 11.5. The average molecular weight is 197 g/mol. The molecule has 1 fully saturated rings. The standard InChI is InChI=1S/C11H19NO2/c1-4-9(2)12-8-6-5-7-10(12)11(13)14-3/h4,9-10H,1,5-8H2,2-3H3. The van der Waals surface area contributed by atoms with Crippen LogP contribution in [0.4, 0.5) is 0 Å². The van der Waals surface area contributed by atoms with Crippen molar-refractivity contribution in [3.8, 4) is 0 Å². The van der Waals surface area contributed by atoms with E-state index in [-0.39, 0.29) is 18.1 Å². The fourth-order valence-corrected chi connectivity index (χ4v) is 1.97. The first-order valence-corrected chi connectivity index (χ1v) is 5.16. The van der Waals surface area contributed by atoms with E-state index in [9.17, 15) is 4.79 Å². The summed E-state index contributed by atoms with van der Waals surface area (Å²) in [6.07, 6.45) is 5.05. The van der Waals surface area contributed by atoms with Crippen molar-refractivity contribution < 1.29 is 9.53 Å². The summed E-state index contributed by atoms with van der Waals surface area (Å²) in [6.45, 7) is 6.79. The minimum atomic E-state index is -0.113. The molecule has 80 valence electrons. The highest BCUT2D eigenvalue weighted by Gasteiger charge is 2.31. The van der Waals surface area contributed by atoms with E-state index in [2.05, 4.69) is 18.4 Å². The van der Waals surface area contributed by atoms with E-state index in [0.29, 0.717) is 0 Å². The van der Waals surface area contributed by atoms with Gasteiger partial charge in [-0.3, -0.25) is 9.69 Å². The molecule has 1 aliphatic heterocycles. The van der Waals surface area contributed by atoms with Crippen LogP contribution in [0.15, 0.2) is 12.7 Å². The molecule has 2 atom stereocenters. The van der Waals surface area contributed by atoms with Gasteiger partial charge >= 0.3 is 5.97 Å². The number of likely N-dealkylation sites (tertiary alicyclic amines) is 1. The van der Waals surface area contributed by atoms with E-state index in [0.717, 1.165) is 25.8 Å². The molecule has 0 aromatic heterocycles. The van der Waals surface area contributed by atoms with E-state index in [4.69, 9.17) is 4.74 Å². The molecule has 3 nitrogen and oxygen atoms in total. The van der Waals surface area contributed by atoms with E-state index in [1.54, 1.807) is 0 Å². The zero-order valence-electron chi connectivity index (χ0n) is 9.03. The Bertz CT molecular complexity index is 215. The van der Waals surface area contributed by atoms with Gasteiger partial charge in [-0.25, -0.2) is 0 Å². The fourth-order valence-electron chi connectivity index (χ4n) is 1.97. The van der Waals surface area contributed by atoms with E-state index >= 15 is 0 Å². The third kappa shape index (κ3) is 2.35. The Kier molecular flexibility index (Phi) is 4.14. The van der Waals surface area contributed by atoms with Crippen molar-refractivity contribution >= 4 is 5.97 Å². The highest BCUT2D eigenvalue weighted by Crippen LogP contribution is 2.20. The number of piperidine rings is 1. The second-order valence-electron chi connectivity index (χ2n) is 3.75. The summed E-state index contributed by atoms with van der Waals surface area (Å²) < 4.78 is 4.80. The van der Waals surface area contributed by atoms with Crippen LogP contribution in [-0.2, 0) is 9.53 Å². The molecule has 2 unspecified atom stereocenters. The minimum Gasteiger partial charge on any atom is -0.468 e. The predicted molar refractivity (Wildman–Crippen MR) is 56.0 cm³/mol. The molecule has 0 amide bonds. The molecular formula is C11H19NO2. The number of rotatable bonds is 3. The summed E-state index contributed by atoms with van der Waals surface area (Å²) in [4.78, 5) is 13.7. The SMILES string of the molecule is C=CC(C)N1CCCCC1C(=O)OC. The molecule has 0 aromatic rings. The van der Waals surface area contributed by atoms with Gasteiger partial charge in [0.15, 0.2) is 0 Å². The molecule has 0 bridgehead atoms. The zero-order chi connectivity index (χ0) is 10.6. The number of hydrogen-bond acceptors (Lipinski definition) is 3. The predicted octanol–water partition coefficient (Wildman–Crippen LogP) is 1.59. The zero-order valence-corrected chi connectivity index (χ0v) is 9.03. The van der Waals surface area contributed by atoms with Crippen molar-refractivity contribution in [2.45, 2.75) is 38.3 Å². The third-order valence-electron chi connectivity index (χ3n) is 2.88. The van der Waals surface area contributed by atoms with Gasteiger partial charge in [0.2, 0.25) is 0 Å².